The maximum atomic E-state index is 11.9. The van der Waals surface area contributed by atoms with Crippen LogP contribution < -0.4 is 9.46 Å². The third-order valence-corrected chi connectivity index (χ3v) is 5.38. The quantitative estimate of drug-likeness (QED) is 0.507. The summed E-state index contributed by atoms with van der Waals surface area (Å²) in [7, 11) is -3.62. The van der Waals surface area contributed by atoms with Gasteiger partial charge in [-0.25, -0.2) is 13.1 Å². The van der Waals surface area contributed by atoms with Crippen molar-refractivity contribution in [3.63, 3.8) is 0 Å². The molecule has 1 saturated heterocycles. The van der Waals surface area contributed by atoms with Crippen molar-refractivity contribution >= 4 is 37.8 Å². The summed E-state index contributed by atoms with van der Waals surface area (Å²) in [6.45, 7) is -0.0620. The fourth-order valence-electron chi connectivity index (χ4n) is 2.27. The van der Waals surface area contributed by atoms with Crippen LogP contribution in [-0.2, 0) is 19.6 Å². The normalized spacial score (nSPS) is 14.7. The number of nitrogens with one attached hydrogen (secondary N) is 1. The Bertz CT molecular complexity index is 813. The Morgan fingerprint density at radius 1 is 1.19 bits per heavy atom. The van der Waals surface area contributed by atoms with E-state index in [1.165, 1.54) is 0 Å². The van der Waals surface area contributed by atoms with Crippen LogP contribution in [0.25, 0.3) is 0 Å². The molecule has 0 spiro atoms. The third kappa shape index (κ3) is 6.78. The van der Waals surface area contributed by atoms with Crippen LogP contribution in [0.3, 0.4) is 0 Å². The number of carbonyl (C=O) groups is 2. The highest BCUT2D eigenvalue weighted by molar-refractivity contribution is 9.10. The molecule has 0 bridgehead atoms. The van der Waals surface area contributed by atoms with E-state index in [9.17, 15) is 18.0 Å². The van der Waals surface area contributed by atoms with Gasteiger partial charge in [-0.05, 0) is 24.6 Å². The summed E-state index contributed by atoms with van der Waals surface area (Å²) in [6, 6.07) is 7.29. The number of likely N-dealkylation sites (tertiary alicyclic amines) is 1. The smallest absolute Gasteiger partial charge is 0.229 e. The van der Waals surface area contributed by atoms with Crippen LogP contribution in [0.2, 0.25) is 0 Å². The fraction of sp³-hybridized carbons (Fsp3) is 0.412. The summed E-state index contributed by atoms with van der Waals surface area (Å²) in [5.41, 5.74) is 0. The summed E-state index contributed by atoms with van der Waals surface area (Å²) < 4.78 is 32.4. The van der Waals surface area contributed by atoms with E-state index in [-0.39, 0.29) is 50.1 Å². The number of piperidine rings is 1. The molecule has 1 N–H and O–H groups in total. The number of nitrogens with zero attached hydrogens (tertiary/aromatic N) is 1. The predicted octanol–water partition coefficient (Wildman–Crippen LogP) is 1.29. The minimum Gasteiger partial charge on any atom is -0.481 e. The van der Waals surface area contributed by atoms with Gasteiger partial charge in [-0.15, -0.1) is 0 Å². The highest BCUT2D eigenvalue weighted by Crippen LogP contribution is 2.17. The molecular weight excluding hydrogens is 424 g/mol. The number of benzene rings is 1. The molecule has 7 nitrogen and oxygen atoms in total. The Hall–Kier alpha value is -1.89. The molecule has 26 heavy (non-hydrogen) atoms. The van der Waals surface area contributed by atoms with Crippen molar-refractivity contribution in [3.05, 3.63) is 28.7 Å². The second kappa shape index (κ2) is 9.71. The molecule has 1 heterocycles. The number of halogens is 1. The van der Waals surface area contributed by atoms with Gasteiger partial charge < -0.3 is 4.74 Å². The van der Waals surface area contributed by atoms with Gasteiger partial charge in [-0.2, -0.15) is 0 Å². The second-order valence-electron chi connectivity index (χ2n) is 5.53. The van der Waals surface area contributed by atoms with E-state index in [4.69, 9.17) is 4.74 Å². The maximum Gasteiger partial charge on any atom is 0.229 e. The SMILES string of the molecule is O=C1CCCC(=O)N1CCS(=O)(=O)NCC#CCOc1cccc(Br)c1. The van der Waals surface area contributed by atoms with Gasteiger partial charge in [0.2, 0.25) is 21.8 Å². The molecule has 1 fully saturated rings. The van der Waals surface area contributed by atoms with Crippen LogP contribution in [0.15, 0.2) is 28.7 Å². The first kappa shape index (κ1) is 20.4. The van der Waals surface area contributed by atoms with Gasteiger partial charge in [0.1, 0.15) is 12.4 Å². The zero-order valence-corrected chi connectivity index (χ0v) is 16.4. The molecule has 1 aromatic rings. The van der Waals surface area contributed by atoms with Crippen molar-refractivity contribution in [3.8, 4) is 17.6 Å². The lowest BCUT2D eigenvalue weighted by Crippen LogP contribution is -2.44. The predicted molar refractivity (Wildman–Crippen MR) is 99.8 cm³/mol. The molecule has 0 unspecified atom stereocenters. The van der Waals surface area contributed by atoms with Crippen LogP contribution in [-0.4, -0.2) is 50.6 Å². The number of hydrogen-bond acceptors (Lipinski definition) is 5. The summed E-state index contributed by atoms with van der Waals surface area (Å²) in [6.07, 6.45) is 1.09. The lowest BCUT2D eigenvalue weighted by atomic mass is 10.1. The number of hydrogen-bond donors (Lipinski definition) is 1. The van der Waals surface area contributed by atoms with Crippen LogP contribution in [0.1, 0.15) is 19.3 Å². The number of imide groups is 1. The molecule has 0 aromatic heterocycles. The van der Waals surface area contributed by atoms with Crippen LogP contribution >= 0.6 is 15.9 Å². The van der Waals surface area contributed by atoms with Crippen LogP contribution in [0, 0.1) is 11.8 Å². The third-order valence-electron chi connectivity index (χ3n) is 3.58. The van der Waals surface area contributed by atoms with Gasteiger partial charge in [0.25, 0.3) is 0 Å². The Labute approximate surface area is 161 Å². The van der Waals surface area contributed by atoms with Gasteiger partial charge in [0.05, 0.1) is 12.3 Å². The van der Waals surface area contributed by atoms with E-state index < -0.39 is 10.0 Å². The van der Waals surface area contributed by atoms with Gasteiger partial charge >= 0.3 is 0 Å². The largest absolute Gasteiger partial charge is 0.481 e. The number of ether oxygens (including phenoxy) is 1. The van der Waals surface area contributed by atoms with Gasteiger partial charge in [-0.3, -0.25) is 14.5 Å². The van der Waals surface area contributed by atoms with Gasteiger partial charge in [-0.1, -0.05) is 33.8 Å². The van der Waals surface area contributed by atoms with Crippen molar-refractivity contribution in [1.82, 2.24) is 9.62 Å². The lowest BCUT2D eigenvalue weighted by molar-refractivity contribution is -0.147. The Balaban J connectivity index is 1.71. The van der Waals surface area contributed by atoms with E-state index in [1.54, 1.807) is 12.1 Å². The first-order valence-corrected chi connectivity index (χ1v) is 10.5. The number of rotatable bonds is 7. The highest BCUT2D eigenvalue weighted by atomic mass is 79.9. The second-order valence-corrected chi connectivity index (χ2v) is 8.37. The van der Waals surface area contributed by atoms with Gasteiger partial charge in [0, 0.05) is 23.9 Å². The molecular formula is C17H19BrN2O5S. The van der Waals surface area contributed by atoms with E-state index in [2.05, 4.69) is 32.5 Å². The Kier molecular flexibility index (Phi) is 7.63. The molecule has 2 rings (SSSR count). The zero-order valence-electron chi connectivity index (χ0n) is 14.0. The van der Waals surface area contributed by atoms with Crippen molar-refractivity contribution < 1.29 is 22.7 Å². The topological polar surface area (TPSA) is 92.8 Å². The maximum absolute atomic E-state index is 11.9. The molecule has 1 aromatic carbocycles. The molecule has 140 valence electrons. The van der Waals surface area contributed by atoms with Gasteiger partial charge in [0.15, 0.2) is 0 Å². The molecule has 0 saturated carbocycles. The first-order chi connectivity index (χ1) is 12.4. The van der Waals surface area contributed by atoms with E-state index >= 15 is 0 Å². The number of carbonyl (C=O) groups excluding carboxylic acids is 2. The molecule has 0 aliphatic carbocycles. The van der Waals surface area contributed by atoms with E-state index in [1.807, 2.05) is 12.1 Å². The van der Waals surface area contributed by atoms with Crippen molar-refractivity contribution in [2.24, 2.45) is 0 Å². The summed E-state index contributed by atoms with van der Waals surface area (Å²) in [4.78, 5) is 24.3. The standard InChI is InChI=1S/C17H19BrN2O5S/c18-14-5-3-6-15(13-14)25-11-2-1-9-19-26(23,24)12-10-20-16(21)7-4-8-17(20)22/h3,5-6,13,19H,4,7-12H2. The molecule has 0 atom stereocenters. The number of sulfonamides is 1. The Morgan fingerprint density at radius 2 is 1.92 bits per heavy atom. The fourth-order valence-corrected chi connectivity index (χ4v) is 3.51. The monoisotopic (exact) mass is 442 g/mol. The average Bonchev–Trinajstić information content (AvgIpc) is 2.57. The lowest BCUT2D eigenvalue weighted by Gasteiger charge is -2.24. The molecule has 1 aliphatic rings. The van der Waals surface area contributed by atoms with E-state index in [0.717, 1.165) is 9.37 Å². The minimum absolute atomic E-state index is 0.0634. The summed E-state index contributed by atoms with van der Waals surface area (Å²) in [5, 5.41) is 0. The zero-order chi connectivity index (χ0) is 19.0. The van der Waals surface area contributed by atoms with Crippen LogP contribution in [0.4, 0.5) is 0 Å². The number of amides is 2. The first-order valence-electron chi connectivity index (χ1n) is 8.02. The molecule has 2 amide bonds. The van der Waals surface area contributed by atoms with Crippen molar-refractivity contribution in [1.29, 1.82) is 0 Å². The molecule has 1 aliphatic heterocycles. The van der Waals surface area contributed by atoms with Crippen molar-refractivity contribution in [2.45, 2.75) is 19.3 Å². The minimum atomic E-state index is -3.62. The molecule has 9 heteroatoms. The highest BCUT2D eigenvalue weighted by Gasteiger charge is 2.26. The average molecular weight is 443 g/mol. The summed E-state index contributed by atoms with van der Waals surface area (Å²) >= 11 is 3.33. The van der Waals surface area contributed by atoms with Crippen LogP contribution in [0.5, 0.6) is 5.75 Å². The molecule has 0 radical (unpaired) electrons. The summed E-state index contributed by atoms with van der Waals surface area (Å²) in [5.74, 6) is 5.06. The van der Waals surface area contributed by atoms with Crippen molar-refractivity contribution in [2.75, 3.05) is 25.4 Å². The van der Waals surface area contributed by atoms with E-state index in [0.29, 0.717) is 12.2 Å². The Morgan fingerprint density at radius 3 is 2.62 bits per heavy atom.